The Bertz CT molecular complexity index is 651. The van der Waals surface area contributed by atoms with Gasteiger partial charge in [-0.15, -0.1) is 0 Å². The van der Waals surface area contributed by atoms with Gasteiger partial charge in [0.1, 0.15) is 0 Å². The molecule has 0 bridgehead atoms. The van der Waals surface area contributed by atoms with E-state index in [-0.39, 0.29) is 36.6 Å². The van der Waals surface area contributed by atoms with Crippen molar-refractivity contribution in [2.24, 2.45) is 17.8 Å². The van der Waals surface area contributed by atoms with Crippen LogP contribution in [0.5, 0.6) is 0 Å². The summed E-state index contributed by atoms with van der Waals surface area (Å²) in [6.45, 7) is 4.66. The number of benzene rings is 1. The van der Waals surface area contributed by atoms with E-state index in [1.165, 1.54) is 0 Å². The number of fused-ring (bicyclic) bond motifs is 1. The lowest BCUT2D eigenvalue weighted by atomic mass is 9.81. The number of carbonyl (C=O) groups is 1. The molecule has 1 saturated carbocycles. The van der Waals surface area contributed by atoms with Gasteiger partial charge in [-0.05, 0) is 55.2 Å². The molecule has 25 heavy (non-hydrogen) atoms. The van der Waals surface area contributed by atoms with E-state index in [1.54, 1.807) is 12.1 Å². The van der Waals surface area contributed by atoms with Crippen LogP contribution >= 0.6 is 11.6 Å². The zero-order valence-corrected chi connectivity index (χ0v) is 15.2. The molecule has 0 N–H and O–H groups in total. The van der Waals surface area contributed by atoms with Crippen LogP contribution in [0.2, 0.25) is 5.02 Å². The van der Waals surface area contributed by atoms with Crippen molar-refractivity contribution in [3.8, 4) is 0 Å². The quantitative estimate of drug-likeness (QED) is 0.649. The summed E-state index contributed by atoms with van der Waals surface area (Å²) in [4.78, 5) is 14.7. The summed E-state index contributed by atoms with van der Waals surface area (Å²) >= 11 is 6.04. The number of carbonyl (C=O) groups excluding carboxylic acids is 1. The van der Waals surface area contributed by atoms with Crippen LogP contribution in [0.15, 0.2) is 18.2 Å². The molecule has 1 aromatic rings. The monoisotopic (exact) mass is 373 g/mol. The first-order valence-corrected chi connectivity index (χ1v) is 9.23. The average Bonchev–Trinajstić information content (AvgIpc) is 2.80. The molecular formula is C19H23ClF3NO. The second-order valence-electron chi connectivity index (χ2n) is 7.64. The lowest BCUT2D eigenvalue weighted by Crippen LogP contribution is -2.37. The molecular weight excluding hydrogens is 351 g/mol. The van der Waals surface area contributed by atoms with Crippen molar-refractivity contribution in [3.63, 3.8) is 0 Å². The fourth-order valence-electron chi connectivity index (χ4n) is 4.29. The maximum absolute atomic E-state index is 12.8. The van der Waals surface area contributed by atoms with Crippen LogP contribution in [-0.2, 0) is 0 Å². The molecule has 1 aliphatic heterocycles. The second kappa shape index (κ2) is 6.82. The second-order valence-corrected chi connectivity index (χ2v) is 8.07. The molecule has 0 aromatic heterocycles. The molecule has 1 amide bonds. The smallest absolute Gasteiger partial charge is 0.331 e. The summed E-state index contributed by atoms with van der Waals surface area (Å²) < 4.78 is 38.5. The maximum atomic E-state index is 12.8. The molecule has 0 saturated heterocycles. The van der Waals surface area contributed by atoms with Gasteiger partial charge in [-0.25, -0.2) is 0 Å². The van der Waals surface area contributed by atoms with Crippen molar-refractivity contribution >= 4 is 17.5 Å². The van der Waals surface area contributed by atoms with Crippen molar-refractivity contribution in [2.75, 3.05) is 6.54 Å². The number of hydrogen-bond donors (Lipinski definition) is 0. The number of alkyl halides is 3. The first kappa shape index (κ1) is 18.6. The van der Waals surface area contributed by atoms with Crippen LogP contribution in [-0.4, -0.2) is 23.5 Å². The summed E-state index contributed by atoms with van der Waals surface area (Å²) in [5.74, 6) is -0.865. The van der Waals surface area contributed by atoms with Gasteiger partial charge in [0, 0.05) is 17.1 Å². The molecule has 0 spiro atoms. The number of nitrogens with zero attached hydrogens (tertiary/aromatic N) is 1. The fraction of sp³-hybridized carbons (Fsp3) is 0.632. The molecule has 0 unspecified atom stereocenters. The van der Waals surface area contributed by atoms with Crippen LogP contribution < -0.4 is 0 Å². The third-order valence-corrected chi connectivity index (χ3v) is 5.79. The van der Waals surface area contributed by atoms with Gasteiger partial charge >= 0.3 is 6.18 Å². The van der Waals surface area contributed by atoms with Crippen LogP contribution in [0.4, 0.5) is 13.2 Å². The molecule has 1 fully saturated rings. The predicted octanol–water partition coefficient (Wildman–Crippen LogP) is 5.86. The highest BCUT2D eigenvalue weighted by molar-refractivity contribution is 6.31. The van der Waals surface area contributed by atoms with Gasteiger partial charge in [-0.2, -0.15) is 13.2 Å². The SMILES string of the molecule is CC(C)[C@H]1c2ccc(Cl)cc2C(=O)N1CC1CCC(C(F)(F)F)CC1. The number of hydrogen-bond acceptors (Lipinski definition) is 1. The van der Waals surface area contributed by atoms with E-state index in [0.717, 1.165) is 5.56 Å². The Labute approximate surface area is 151 Å². The van der Waals surface area contributed by atoms with Gasteiger partial charge in [0.15, 0.2) is 0 Å². The zero-order valence-electron chi connectivity index (χ0n) is 14.4. The Kier molecular flexibility index (Phi) is 5.06. The highest BCUT2D eigenvalue weighted by Crippen LogP contribution is 2.43. The largest absolute Gasteiger partial charge is 0.391 e. The van der Waals surface area contributed by atoms with Gasteiger partial charge < -0.3 is 4.90 Å². The molecule has 1 atom stereocenters. The first-order chi connectivity index (χ1) is 11.7. The molecule has 1 aromatic carbocycles. The van der Waals surface area contributed by atoms with E-state index in [0.29, 0.717) is 30.0 Å². The van der Waals surface area contributed by atoms with Gasteiger partial charge in [0.25, 0.3) is 5.91 Å². The van der Waals surface area contributed by atoms with Crippen molar-refractivity contribution < 1.29 is 18.0 Å². The van der Waals surface area contributed by atoms with Gasteiger partial charge in [-0.3, -0.25) is 4.79 Å². The number of amides is 1. The standard InChI is InChI=1S/C19H23ClF3NO/c1-11(2)17-15-8-7-14(20)9-16(15)18(25)24(17)10-12-3-5-13(6-4-12)19(21,22)23/h7-9,11-13,17H,3-6,10H2,1-2H3/t12?,13?,17-/m0/s1. The third kappa shape index (κ3) is 3.67. The summed E-state index contributed by atoms with van der Waals surface area (Å²) in [5, 5.41) is 0.530. The molecule has 2 aliphatic rings. The van der Waals surface area contributed by atoms with Crippen molar-refractivity contribution in [1.82, 2.24) is 4.90 Å². The normalized spacial score (nSPS) is 27.1. The first-order valence-electron chi connectivity index (χ1n) is 8.85. The molecule has 6 heteroatoms. The Balaban J connectivity index is 1.73. The molecule has 2 nitrogen and oxygen atoms in total. The average molecular weight is 374 g/mol. The Morgan fingerprint density at radius 1 is 1.20 bits per heavy atom. The molecule has 138 valence electrons. The van der Waals surface area contributed by atoms with Crippen molar-refractivity contribution in [1.29, 1.82) is 0 Å². The fourth-order valence-corrected chi connectivity index (χ4v) is 4.46. The van der Waals surface area contributed by atoms with Gasteiger partial charge in [-0.1, -0.05) is 31.5 Å². The van der Waals surface area contributed by atoms with E-state index in [1.807, 2.05) is 11.0 Å². The number of halogens is 4. The molecule has 3 rings (SSSR count). The molecule has 1 aliphatic carbocycles. The summed E-state index contributed by atoms with van der Waals surface area (Å²) in [5.41, 5.74) is 1.61. The van der Waals surface area contributed by atoms with Crippen molar-refractivity contribution in [3.05, 3.63) is 34.3 Å². The summed E-state index contributed by atoms with van der Waals surface area (Å²) in [6, 6.07) is 5.37. The predicted molar refractivity (Wildman–Crippen MR) is 91.6 cm³/mol. The third-order valence-electron chi connectivity index (χ3n) is 5.56. The molecule has 0 radical (unpaired) electrons. The lowest BCUT2D eigenvalue weighted by molar-refractivity contribution is -0.184. The maximum Gasteiger partial charge on any atom is 0.391 e. The van der Waals surface area contributed by atoms with Crippen molar-refractivity contribution in [2.45, 2.75) is 51.7 Å². The minimum atomic E-state index is -4.10. The van der Waals surface area contributed by atoms with Crippen LogP contribution in [0.3, 0.4) is 0 Å². The van der Waals surface area contributed by atoms with Crippen LogP contribution in [0, 0.1) is 17.8 Å². The Morgan fingerprint density at radius 2 is 1.84 bits per heavy atom. The van der Waals surface area contributed by atoms with E-state index in [2.05, 4.69) is 13.8 Å². The van der Waals surface area contributed by atoms with Gasteiger partial charge in [0.2, 0.25) is 0 Å². The van der Waals surface area contributed by atoms with Crippen LogP contribution in [0.25, 0.3) is 0 Å². The highest BCUT2D eigenvalue weighted by atomic mass is 35.5. The van der Waals surface area contributed by atoms with E-state index in [9.17, 15) is 18.0 Å². The minimum absolute atomic E-state index is 0.0277. The van der Waals surface area contributed by atoms with E-state index < -0.39 is 12.1 Å². The van der Waals surface area contributed by atoms with Crippen LogP contribution in [0.1, 0.15) is 61.5 Å². The van der Waals surface area contributed by atoms with Gasteiger partial charge in [0.05, 0.1) is 12.0 Å². The minimum Gasteiger partial charge on any atom is -0.331 e. The highest BCUT2D eigenvalue weighted by Gasteiger charge is 2.43. The Hall–Kier alpha value is -1.23. The van der Waals surface area contributed by atoms with E-state index >= 15 is 0 Å². The van der Waals surface area contributed by atoms with E-state index in [4.69, 9.17) is 11.6 Å². The number of rotatable bonds is 3. The Morgan fingerprint density at radius 3 is 2.40 bits per heavy atom. The topological polar surface area (TPSA) is 20.3 Å². The zero-order chi connectivity index (χ0) is 18.4. The summed E-state index contributed by atoms with van der Waals surface area (Å²) in [7, 11) is 0. The summed E-state index contributed by atoms with van der Waals surface area (Å²) in [6.07, 6.45) is -2.71. The molecule has 1 heterocycles. The lowest BCUT2D eigenvalue weighted by Gasteiger charge is -2.35.